The maximum Gasteiger partial charge on any atom is 0.573 e. The molecule has 0 aliphatic heterocycles. The van der Waals surface area contributed by atoms with Gasteiger partial charge in [-0.1, -0.05) is 6.07 Å². The number of ether oxygens (including phenoxy) is 1. The fourth-order valence-electron chi connectivity index (χ4n) is 2.98. The predicted octanol–water partition coefficient (Wildman–Crippen LogP) is 5.89. The Morgan fingerprint density at radius 2 is 1.86 bits per heavy atom. The van der Waals surface area contributed by atoms with Crippen LogP contribution in [0, 0.1) is 6.92 Å². The van der Waals surface area contributed by atoms with Crippen molar-refractivity contribution in [1.29, 1.82) is 0 Å². The van der Waals surface area contributed by atoms with Crippen LogP contribution in [0.3, 0.4) is 0 Å². The van der Waals surface area contributed by atoms with Crippen molar-refractivity contribution >= 4 is 38.7 Å². The van der Waals surface area contributed by atoms with Crippen molar-refractivity contribution in [2.24, 2.45) is 0 Å². The molecule has 0 aliphatic rings. The Labute approximate surface area is 168 Å². The molecule has 0 unspecified atom stereocenters. The van der Waals surface area contributed by atoms with Gasteiger partial charge in [0.15, 0.2) is 0 Å². The largest absolute Gasteiger partial charge is 0.573 e. The molecule has 5 nitrogen and oxygen atoms in total. The molecule has 29 heavy (non-hydrogen) atoms. The SMILES string of the molecule is Cc1c(-c2ccnc(N)n2)sc2ccc(Nc3cccc(OC(F)(F)F)c3)cc12. The maximum atomic E-state index is 12.4. The van der Waals surface area contributed by atoms with E-state index in [2.05, 4.69) is 20.0 Å². The summed E-state index contributed by atoms with van der Waals surface area (Å²) in [5.74, 6) is -0.0680. The molecule has 0 fully saturated rings. The van der Waals surface area contributed by atoms with E-state index in [-0.39, 0.29) is 11.7 Å². The Balaban J connectivity index is 1.65. The zero-order valence-corrected chi connectivity index (χ0v) is 15.9. The van der Waals surface area contributed by atoms with Crippen LogP contribution in [0.15, 0.2) is 54.7 Å². The molecule has 0 saturated heterocycles. The van der Waals surface area contributed by atoms with Crippen molar-refractivity contribution in [3.63, 3.8) is 0 Å². The van der Waals surface area contributed by atoms with E-state index in [1.165, 1.54) is 18.2 Å². The number of hydrogen-bond acceptors (Lipinski definition) is 6. The van der Waals surface area contributed by atoms with Gasteiger partial charge in [0.1, 0.15) is 5.75 Å². The molecule has 0 bridgehead atoms. The first-order chi connectivity index (χ1) is 13.8. The standard InChI is InChI=1S/C20H15F3N4OS/c1-11-15-10-13(26-12-3-2-4-14(9-12)28-20(21,22)23)5-6-17(15)29-18(11)16-7-8-25-19(24)27-16/h2-10,26H,1H3,(H2,24,25,27). The summed E-state index contributed by atoms with van der Waals surface area (Å²) < 4.78 is 42.3. The van der Waals surface area contributed by atoms with Crippen LogP contribution in [-0.2, 0) is 0 Å². The van der Waals surface area contributed by atoms with Crippen LogP contribution >= 0.6 is 11.3 Å². The van der Waals surface area contributed by atoms with Gasteiger partial charge in [0.25, 0.3) is 0 Å². The van der Waals surface area contributed by atoms with Crippen molar-refractivity contribution in [3.05, 3.63) is 60.3 Å². The molecule has 0 atom stereocenters. The number of halogens is 3. The Morgan fingerprint density at radius 1 is 1.07 bits per heavy atom. The molecule has 0 saturated carbocycles. The van der Waals surface area contributed by atoms with Crippen LogP contribution < -0.4 is 15.8 Å². The molecule has 2 heterocycles. The molecule has 0 radical (unpaired) electrons. The maximum absolute atomic E-state index is 12.4. The summed E-state index contributed by atoms with van der Waals surface area (Å²) in [7, 11) is 0. The molecule has 3 N–H and O–H groups in total. The van der Waals surface area contributed by atoms with Gasteiger partial charge in [-0.15, -0.1) is 24.5 Å². The molecule has 2 aromatic heterocycles. The molecule has 2 aromatic carbocycles. The first kappa shape index (κ1) is 19.0. The minimum absolute atomic E-state index is 0.211. The average molecular weight is 416 g/mol. The van der Waals surface area contributed by atoms with Gasteiger partial charge in [-0.3, -0.25) is 0 Å². The van der Waals surface area contributed by atoms with Gasteiger partial charge in [0.05, 0.1) is 10.6 Å². The highest BCUT2D eigenvalue weighted by molar-refractivity contribution is 7.22. The molecule has 0 aliphatic carbocycles. The summed E-state index contributed by atoms with van der Waals surface area (Å²) in [5, 5.41) is 4.14. The Kier molecular flexibility index (Phi) is 4.75. The fraction of sp³-hybridized carbons (Fsp3) is 0.100. The molecular formula is C20H15F3N4OS. The van der Waals surface area contributed by atoms with Gasteiger partial charge < -0.3 is 15.8 Å². The molecule has 0 spiro atoms. The first-order valence-corrected chi connectivity index (χ1v) is 9.35. The number of alkyl halides is 3. The normalized spacial score (nSPS) is 11.6. The van der Waals surface area contributed by atoms with Crippen molar-refractivity contribution in [1.82, 2.24) is 9.97 Å². The molecular weight excluding hydrogens is 401 g/mol. The van der Waals surface area contributed by atoms with Gasteiger partial charge in [0.2, 0.25) is 5.95 Å². The van der Waals surface area contributed by atoms with Crippen LogP contribution in [0.2, 0.25) is 0 Å². The number of benzene rings is 2. The number of rotatable bonds is 4. The highest BCUT2D eigenvalue weighted by Gasteiger charge is 2.31. The number of hydrogen-bond donors (Lipinski definition) is 2. The van der Waals surface area contributed by atoms with E-state index in [1.807, 2.05) is 25.1 Å². The third-order valence-electron chi connectivity index (χ3n) is 4.20. The summed E-state index contributed by atoms with van der Waals surface area (Å²) in [6, 6.07) is 13.3. The summed E-state index contributed by atoms with van der Waals surface area (Å²) in [5.41, 5.74) is 8.72. The number of nitrogens with zero attached hydrogens (tertiary/aromatic N) is 2. The number of anilines is 3. The lowest BCUT2D eigenvalue weighted by atomic mass is 10.1. The van der Waals surface area contributed by atoms with Crippen molar-refractivity contribution < 1.29 is 17.9 Å². The van der Waals surface area contributed by atoms with E-state index < -0.39 is 6.36 Å². The summed E-state index contributed by atoms with van der Waals surface area (Å²) in [6.45, 7) is 1.99. The zero-order chi connectivity index (χ0) is 20.6. The summed E-state index contributed by atoms with van der Waals surface area (Å²) >= 11 is 1.59. The van der Waals surface area contributed by atoms with Crippen LogP contribution in [0.1, 0.15) is 5.56 Å². The van der Waals surface area contributed by atoms with Gasteiger partial charge in [-0.25, -0.2) is 9.97 Å². The van der Waals surface area contributed by atoms with Crippen LogP contribution in [0.5, 0.6) is 5.75 Å². The second-order valence-electron chi connectivity index (χ2n) is 6.27. The summed E-state index contributed by atoms with van der Waals surface area (Å²) in [6.07, 6.45) is -3.11. The van der Waals surface area contributed by atoms with Crippen molar-refractivity contribution in [2.75, 3.05) is 11.1 Å². The second kappa shape index (κ2) is 7.25. The van der Waals surface area contributed by atoms with Crippen molar-refractivity contribution in [3.8, 4) is 16.3 Å². The highest BCUT2D eigenvalue weighted by Crippen LogP contribution is 2.39. The number of nitrogens with one attached hydrogen (secondary N) is 1. The topological polar surface area (TPSA) is 73.1 Å². The Hall–Kier alpha value is -3.33. The van der Waals surface area contributed by atoms with Crippen LogP contribution in [0.25, 0.3) is 20.7 Å². The van der Waals surface area contributed by atoms with E-state index in [4.69, 9.17) is 5.73 Å². The molecule has 0 amide bonds. The van der Waals surface area contributed by atoms with Gasteiger partial charge in [-0.05, 0) is 54.3 Å². The highest BCUT2D eigenvalue weighted by atomic mass is 32.1. The number of aromatic nitrogens is 2. The smallest absolute Gasteiger partial charge is 0.406 e. The number of aryl methyl sites for hydroxylation is 1. The third kappa shape index (κ3) is 4.24. The number of nitrogen functional groups attached to an aromatic ring is 1. The molecule has 4 aromatic rings. The van der Waals surface area contributed by atoms with E-state index >= 15 is 0 Å². The van der Waals surface area contributed by atoms with Crippen molar-refractivity contribution in [2.45, 2.75) is 13.3 Å². The lowest BCUT2D eigenvalue weighted by Gasteiger charge is -2.11. The van der Waals surface area contributed by atoms with E-state index in [0.717, 1.165) is 31.9 Å². The zero-order valence-electron chi connectivity index (χ0n) is 15.1. The quantitative estimate of drug-likeness (QED) is 0.434. The van der Waals surface area contributed by atoms with Crippen LogP contribution in [0.4, 0.5) is 30.5 Å². The van der Waals surface area contributed by atoms with Gasteiger partial charge in [-0.2, -0.15) is 0 Å². The van der Waals surface area contributed by atoms with E-state index in [1.54, 1.807) is 29.7 Å². The van der Waals surface area contributed by atoms with Crippen LogP contribution in [-0.4, -0.2) is 16.3 Å². The number of thiophene rings is 1. The number of nitrogens with two attached hydrogens (primary N) is 1. The summed E-state index contributed by atoms with van der Waals surface area (Å²) in [4.78, 5) is 9.20. The van der Waals surface area contributed by atoms with Gasteiger partial charge in [0, 0.05) is 28.3 Å². The number of fused-ring (bicyclic) bond motifs is 1. The first-order valence-electron chi connectivity index (χ1n) is 8.53. The lowest BCUT2D eigenvalue weighted by molar-refractivity contribution is -0.274. The van der Waals surface area contributed by atoms with E-state index in [9.17, 15) is 13.2 Å². The molecule has 4 rings (SSSR count). The second-order valence-corrected chi connectivity index (χ2v) is 7.32. The van der Waals surface area contributed by atoms with E-state index in [0.29, 0.717) is 5.69 Å². The minimum Gasteiger partial charge on any atom is -0.406 e. The predicted molar refractivity (Wildman–Crippen MR) is 108 cm³/mol. The monoisotopic (exact) mass is 416 g/mol. The van der Waals surface area contributed by atoms with Gasteiger partial charge >= 0.3 is 6.36 Å². The molecule has 148 valence electrons. The molecule has 9 heteroatoms. The lowest BCUT2D eigenvalue weighted by Crippen LogP contribution is -2.17. The Bertz CT molecular complexity index is 1190. The third-order valence-corrected chi connectivity index (χ3v) is 5.49. The minimum atomic E-state index is -4.73. The Morgan fingerprint density at radius 3 is 2.62 bits per heavy atom. The fourth-order valence-corrected chi connectivity index (χ4v) is 4.14. The average Bonchev–Trinajstić information content (AvgIpc) is 2.97.